The number of H-pyrrole nitrogens is 2. The maximum Gasteiger partial charge on any atom is 0.407 e. The van der Waals surface area contributed by atoms with Gasteiger partial charge in [-0.1, -0.05) is 109 Å². The number of carbonyl (C=O) groups is 4. The highest BCUT2D eigenvalue weighted by atomic mass is 16.6. The van der Waals surface area contributed by atoms with E-state index >= 15 is 0 Å². The maximum atomic E-state index is 14.1. The summed E-state index contributed by atoms with van der Waals surface area (Å²) in [5.74, 6) is 0.890. The summed E-state index contributed by atoms with van der Waals surface area (Å²) in [5.41, 5.74) is 11.4. The molecule has 2 aromatic heterocycles. The molecule has 62 heavy (non-hydrogen) atoms. The van der Waals surface area contributed by atoms with Gasteiger partial charge in [-0.2, -0.15) is 0 Å². The number of hydrogen-bond acceptors (Lipinski definition) is 8. The molecule has 14 heteroatoms. The molecule has 8 rings (SSSR count). The number of carbonyl (C=O) groups excluding carboxylic acids is 4. The number of hydrogen-bond donors (Lipinski definition) is 4. The third-order valence-electron chi connectivity index (χ3n) is 11.8. The Bertz CT molecular complexity index is 2510. The van der Waals surface area contributed by atoms with Crippen LogP contribution in [0.5, 0.6) is 0 Å². The Kier molecular flexibility index (Phi) is 12.2. The number of likely N-dealkylation sites (tertiary alicyclic amines) is 2. The molecule has 2 fully saturated rings. The number of methoxy groups -OCH3 is 1. The lowest BCUT2D eigenvalue weighted by Crippen LogP contribution is -2.51. The van der Waals surface area contributed by atoms with Gasteiger partial charge in [0.05, 0.1) is 43.0 Å². The van der Waals surface area contributed by atoms with Crippen LogP contribution in [0.15, 0.2) is 122 Å². The van der Waals surface area contributed by atoms with Crippen LogP contribution in [0.4, 0.5) is 9.59 Å². The highest BCUT2D eigenvalue weighted by Crippen LogP contribution is 2.36. The summed E-state index contributed by atoms with van der Waals surface area (Å²) in [6.45, 7) is 2.69. The average molecular weight is 835 g/mol. The first-order valence-electron chi connectivity index (χ1n) is 20.9. The number of imidazole rings is 2. The van der Waals surface area contributed by atoms with Crippen LogP contribution in [0, 0.1) is 0 Å². The van der Waals surface area contributed by atoms with Gasteiger partial charge >= 0.3 is 12.2 Å². The molecule has 4 aromatic carbocycles. The summed E-state index contributed by atoms with van der Waals surface area (Å²) in [4.78, 5) is 72.0. The van der Waals surface area contributed by atoms with Crippen LogP contribution in [0.25, 0.3) is 33.6 Å². The third kappa shape index (κ3) is 9.09. The Balaban J connectivity index is 0.920. The highest BCUT2D eigenvalue weighted by molar-refractivity contribution is 5.88. The van der Waals surface area contributed by atoms with Crippen LogP contribution in [-0.4, -0.2) is 85.6 Å². The van der Waals surface area contributed by atoms with Crippen LogP contribution in [0.1, 0.15) is 67.5 Å². The number of aromatic nitrogens is 4. The third-order valence-corrected chi connectivity index (χ3v) is 11.8. The number of primary amides is 1. The molecule has 4 amide bonds. The van der Waals surface area contributed by atoms with Gasteiger partial charge in [0.15, 0.2) is 5.60 Å². The molecular weight excluding hydrogens is 785 g/mol. The van der Waals surface area contributed by atoms with Gasteiger partial charge in [0.1, 0.15) is 17.7 Å². The van der Waals surface area contributed by atoms with E-state index in [2.05, 4.69) is 39.6 Å². The lowest BCUT2D eigenvalue weighted by Gasteiger charge is -2.34. The van der Waals surface area contributed by atoms with E-state index in [0.717, 1.165) is 70.5 Å². The summed E-state index contributed by atoms with van der Waals surface area (Å²) in [7, 11) is 1.29. The second kappa shape index (κ2) is 18.2. The van der Waals surface area contributed by atoms with E-state index in [9.17, 15) is 19.2 Å². The van der Waals surface area contributed by atoms with Gasteiger partial charge in [-0.3, -0.25) is 9.59 Å². The molecule has 2 aliphatic rings. The number of ether oxygens (including phenoxy) is 2. The van der Waals surface area contributed by atoms with Crippen LogP contribution in [0.3, 0.4) is 0 Å². The molecular formula is C48H50N8O6. The number of rotatable bonds is 13. The largest absolute Gasteiger partial charge is 0.453 e. The van der Waals surface area contributed by atoms with Crippen LogP contribution < -0.4 is 11.1 Å². The zero-order valence-corrected chi connectivity index (χ0v) is 34.8. The van der Waals surface area contributed by atoms with E-state index in [0.29, 0.717) is 31.2 Å². The van der Waals surface area contributed by atoms with Crippen molar-refractivity contribution in [1.82, 2.24) is 35.1 Å². The van der Waals surface area contributed by atoms with Crippen LogP contribution in [0.2, 0.25) is 0 Å². The minimum atomic E-state index is -1.47. The molecule has 0 saturated carbocycles. The quantitative estimate of drug-likeness (QED) is 0.0919. The second-order valence-corrected chi connectivity index (χ2v) is 16.1. The highest BCUT2D eigenvalue weighted by Gasteiger charge is 2.45. The van der Waals surface area contributed by atoms with Gasteiger partial charge in [0.25, 0.3) is 5.91 Å². The zero-order valence-electron chi connectivity index (χ0n) is 34.8. The zero-order chi connectivity index (χ0) is 43.2. The van der Waals surface area contributed by atoms with Crippen LogP contribution in [-0.2, 0) is 31.9 Å². The van der Waals surface area contributed by atoms with Gasteiger partial charge in [-0.25, -0.2) is 19.6 Å². The molecule has 6 aromatic rings. The Morgan fingerprint density at radius 3 is 1.73 bits per heavy atom. The summed E-state index contributed by atoms with van der Waals surface area (Å²) >= 11 is 0. The Hall–Kier alpha value is -7.22. The van der Waals surface area contributed by atoms with Gasteiger partial charge in [0.2, 0.25) is 5.91 Å². The maximum absolute atomic E-state index is 14.1. The summed E-state index contributed by atoms with van der Waals surface area (Å²) in [6, 6.07) is 34.1. The monoisotopic (exact) mass is 834 g/mol. The number of aromatic amines is 2. The molecule has 0 spiro atoms. The molecule has 2 aliphatic heterocycles. The number of amides is 4. The molecule has 1 unspecified atom stereocenters. The van der Waals surface area contributed by atoms with Gasteiger partial charge < -0.3 is 40.3 Å². The number of nitrogens with two attached hydrogens (primary N) is 1. The first-order valence-corrected chi connectivity index (χ1v) is 20.9. The van der Waals surface area contributed by atoms with E-state index in [1.165, 1.54) is 7.11 Å². The number of alkyl carbamates (subject to hydrolysis) is 1. The summed E-state index contributed by atoms with van der Waals surface area (Å²) < 4.78 is 10.3. The molecule has 4 heterocycles. The van der Waals surface area contributed by atoms with Gasteiger partial charge in [-0.15, -0.1) is 0 Å². The number of nitrogens with zero attached hydrogens (tertiary/aromatic N) is 4. The van der Waals surface area contributed by atoms with Crippen LogP contribution >= 0.6 is 0 Å². The first-order chi connectivity index (χ1) is 30.1. The van der Waals surface area contributed by atoms with Crippen molar-refractivity contribution in [2.75, 3.05) is 20.2 Å². The van der Waals surface area contributed by atoms with Gasteiger partial charge in [-0.05, 0) is 66.0 Å². The Morgan fingerprint density at radius 2 is 1.21 bits per heavy atom. The fourth-order valence-corrected chi connectivity index (χ4v) is 8.72. The summed E-state index contributed by atoms with van der Waals surface area (Å²) in [6.07, 6.45) is 5.55. The SMILES string of the molecule is COC(=O)N[C@@H](Cc1ccccc1)C(=O)N1CCCC1c1ncc(-c2ccc(-c3ccc(-c4cnc([C@@H]5CCCN5C(=O)[C@@](C)(Cc5ccccc5)OC(N)=O)[nH]4)cc3)cc2)[nH]1. The number of benzene rings is 4. The van der Waals surface area contributed by atoms with E-state index in [1.807, 2.05) is 84.9 Å². The topological polar surface area (TPSA) is 189 Å². The molecule has 5 N–H and O–H groups in total. The molecule has 4 atom stereocenters. The van der Waals surface area contributed by atoms with Crippen molar-refractivity contribution in [2.24, 2.45) is 5.73 Å². The molecule has 0 radical (unpaired) electrons. The second-order valence-electron chi connectivity index (χ2n) is 16.1. The molecule has 14 nitrogen and oxygen atoms in total. The van der Waals surface area contributed by atoms with Crippen molar-refractivity contribution in [3.05, 3.63) is 144 Å². The fourth-order valence-electron chi connectivity index (χ4n) is 8.72. The predicted octanol–water partition coefficient (Wildman–Crippen LogP) is 7.52. The summed E-state index contributed by atoms with van der Waals surface area (Å²) in [5, 5.41) is 2.74. The van der Waals surface area contributed by atoms with E-state index in [-0.39, 0.29) is 30.3 Å². The Labute approximate surface area is 359 Å². The minimum Gasteiger partial charge on any atom is -0.453 e. The van der Waals surface area contributed by atoms with E-state index < -0.39 is 23.8 Å². The minimum absolute atomic E-state index is 0.174. The lowest BCUT2D eigenvalue weighted by atomic mass is 9.94. The van der Waals surface area contributed by atoms with E-state index in [1.54, 1.807) is 29.1 Å². The standard InChI is InChI=1S/C48H50N8O6/c1-48(62-46(49)59,28-32-13-7-4-8-14-32)45(58)56-26-10-16-41(56)43-51-30-39(53-43)36-23-19-34(20-24-36)33-17-21-35(22-18-33)38-29-50-42(52-38)40-15-9-25-55(40)44(57)37(54-47(60)61-2)27-31-11-5-3-6-12-31/h3-8,11-14,17-24,29-30,37,40-41H,9-10,15-16,25-28H2,1-2H3,(H2,49,59)(H,50,52)(H,51,53)(H,54,60)/t37-,40?,41-,48+/m0/s1. The normalized spacial score (nSPS) is 17.6. The molecule has 0 aliphatic carbocycles. The van der Waals surface area contributed by atoms with Crippen molar-refractivity contribution in [3.63, 3.8) is 0 Å². The molecule has 0 bridgehead atoms. The predicted molar refractivity (Wildman–Crippen MR) is 233 cm³/mol. The van der Waals surface area contributed by atoms with E-state index in [4.69, 9.17) is 25.2 Å². The van der Waals surface area contributed by atoms with Crippen molar-refractivity contribution in [2.45, 2.75) is 69.2 Å². The smallest absolute Gasteiger partial charge is 0.407 e. The molecule has 2 saturated heterocycles. The lowest BCUT2D eigenvalue weighted by molar-refractivity contribution is -0.150. The average Bonchev–Trinajstić information content (AvgIpc) is 4.14. The molecule has 318 valence electrons. The van der Waals surface area contributed by atoms with Crippen molar-refractivity contribution < 1.29 is 28.7 Å². The van der Waals surface area contributed by atoms with Crippen molar-refractivity contribution in [3.8, 4) is 33.6 Å². The van der Waals surface area contributed by atoms with Gasteiger partial charge in [0, 0.05) is 25.9 Å². The number of nitrogens with one attached hydrogen (secondary N) is 3. The fraction of sp³-hybridized carbons (Fsp3) is 0.292. The van der Waals surface area contributed by atoms with Crippen molar-refractivity contribution >= 4 is 24.0 Å². The Morgan fingerprint density at radius 1 is 0.726 bits per heavy atom. The van der Waals surface area contributed by atoms with Crippen molar-refractivity contribution in [1.29, 1.82) is 0 Å². The first kappa shape index (κ1) is 41.5.